The maximum absolute atomic E-state index is 12.8. The van der Waals surface area contributed by atoms with Crippen molar-refractivity contribution in [2.45, 2.75) is 19.5 Å². The van der Waals surface area contributed by atoms with E-state index in [1.165, 1.54) is 12.1 Å². The van der Waals surface area contributed by atoms with Crippen LogP contribution in [-0.2, 0) is 12.6 Å². The smallest absolute Gasteiger partial charge is 0.352 e. The van der Waals surface area contributed by atoms with Crippen LogP contribution in [0.25, 0.3) is 10.9 Å². The number of carbonyl (C=O) groups is 1. The molecule has 1 aliphatic heterocycles. The molecule has 0 aliphatic carbocycles. The predicted molar refractivity (Wildman–Crippen MR) is 118 cm³/mol. The van der Waals surface area contributed by atoms with Gasteiger partial charge < -0.3 is 9.80 Å². The molecule has 0 atom stereocenters. The molecule has 32 heavy (non-hydrogen) atoms. The number of fused-ring (bicyclic) bond motifs is 1. The molecule has 1 aromatic heterocycles. The molecule has 0 unspecified atom stereocenters. The quantitative estimate of drug-likeness (QED) is 0.495. The van der Waals surface area contributed by atoms with Crippen LogP contribution in [0.3, 0.4) is 0 Å². The zero-order chi connectivity index (χ0) is 23.0. The average molecular weight is 483 g/mol. The summed E-state index contributed by atoms with van der Waals surface area (Å²) in [4.78, 5) is 25.6. The number of hydrogen-bond acceptors (Lipinski definition) is 4. The number of nitrogens with zero attached hydrogens (tertiary/aromatic N) is 4. The minimum absolute atomic E-state index is 0.228. The van der Waals surface area contributed by atoms with E-state index in [0.29, 0.717) is 59.8 Å². The van der Waals surface area contributed by atoms with Crippen molar-refractivity contribution in [1.82, 2.24) is 14.9 Å². The number of amides is 1. The summed E-state index contributed by atoms with van der Waals surface area (Å²) in [6.07, 6.45) is -3.80. The van der Waals surface area contributed by atoms with Crippen molar-refractivity contribution >= 4 is 45.8 Å². The van der Waals surface area contributed by atoms with Crippen molar-refractivity contribution in [3.63, 3.8) is 0 Å². The summed E-state index contributed by atoms with van der Waals surface area (Å²) in [6.45, 7) is 3.77. The Balaban J connectivity index is 1.54. The molecule has 3 aromatic rings. The SMILES string of the molecule is CCc1nc(N2CCN(C(=O)c3ccc(C(F)(F)F)cc3)CC2)c2cc(Cl)cc(Cl)c2n1. The molecular formula is C22H19Cl2F3N4O. The third-order valence-corrected chi connectivity index (χ3v) is 5.89. The molecule has 1 aliphatic rings. The second-order valence-electron chi connectivity index (χ2n) is 7.46. The first-order valence-electron chi connectivity index (χ1n) is 10.0. The van der Waals surface area contributed by atoms with E-state index in [0.717, 1.165) is 17.5 Å². The van der Waals surface area contributed by atoms with Gasteiger partial charge in [0.2, 0.25) is 0 Å². The number of halogens is 5. The molecule has 2 heterocycles. The van der Waals surface area contributed by atoms with Crippen LogP contribution in [0.4, 0.5) is 19.0 Å². The van der Waals surface area contributed by atoms with Gasteiger partial charge in [0.15, 0.2) is 0 Å². The van der Waals surface area contributed by atoms with Gasteiger partial charge in [-0.05, 0) is 36.4 Å². The normalized spacial score (nSPS) is 14.8. The van der Waals surface area contributed by atoms with Crippen molar-refractivity contribution in [2.24, 2.45) is 0 Å². The molecule has 4 rings (SSSR count). The first kappa shape index (κ1) is 22.6. The summed E-state index contributed by atoms with van der Waals surface area (Å²) in [7, 11) is 0. The lowest BCUT2D eigenvalue weighted by molar-refractivity contribution is -0.137. The average Bonchev–Trinajstić information content (AvgIpc) is 2.77. The van der Waals surface area contributed by atoms with Gasteiger partial charge in [0.1, 0.15) is 11.6 Å². The monoisotopic (exact) mass is 482 g/mol. The number of alkyl halides is 3. The van der Waals surface area contributed by atoms with Gasteiger partial charge in [-0.25, -0.2) is 9.97 Å². The van der Waals surface area contributed by atoms with E-state index in [1.54, 1.807) is 17.0 Å². The molecule has 0 N–H and O–H groups in total. The zero-order valence-electron chi connectivity index (χ0n) is 17.1. The minimum Gasteiger partial charge on any atom is -0.352 e. The first-order chi connectivity index (χ1) is 15.2. The molecule has 0 spiro atoms. The van der Waals surface area contributed by atoms with Crippen LogP contribution in [0, 0.1) is 0 Å². The lowest BCUT2D eigenvalue weighted by Gasteiger charge is -2.36. The predicted octanol–water partition coefficient (Wildman–Crippen LogP) is 5.48. The Kier molecular flexibility index (Phi) is 6.18. The molecule has 0 radical (unpaired) electrons. The third kappa shape index (κ3) is 4.47. The fourth-order valence-corrected chi connectivity index (χ4v) is 4.23. The fourth-order valence-electron chi connectivity index (χ4n) is 3.69. The molecule has 0 saturated carbocycles. The van der Waals surface area contributed by atoms with Crippen molar-refractivity contribution < 1.29 is 18.0 Å². The summed E-state index contributed by atoms with van der Waals surface area (Å²) in [5.74, 6) is 1.06. The number of aromatic nitrogens is 2. The molecule has 168 valence electrons. The van der Waals surface area contributed by atoms with E-state index in [9.17, 15) is 18.0 Å². The highest BCUT2D eigenvalue weighted by Gasteiger charge is 2.31. The molecule has 1 saturated heterocycles. The number of carbonyl (C=O) groups excluding carboxylic acids is 1. The van der Waals surface area contributed by atoms with E-state index in [-0.39, 0.29) is 11.5 Å². The van der Waals surface area contributed by atoms with Gasteiger partial charge in [-0.15, -0.1) is 0 Å². The van der Waals surface area contributed by atoms with E-state index in [1.807, 2.05) is 11.8 Å². The van der Waals surface area contributed by atoms with E-state index < -0.39 is 11.7 Å². The van der Waals surface area contributed by atoms with E-state index >= 15 is 0 Å². The molecule has 2 aromatic carbocycles. The second-order valence-corrected chi connectivity index (χ2v) is 8.30. The summed E-state index contributed by atoms with van der Waals surface area (Å²) < 4.78 is 38.3. The van der Waals surface area contributed by atoms with Crippen LogP contribution < -0.4 is 4.90 Å². The number of hydrogen-bond donors (Lipinski definition) is 0. The Hall–Kier alpha value is -2.58. The Labute approximate surface area is 192 Å². The summed E-state index contributed by atoms with van der Waals surface area (Å²) >= 11 is 12.6. The minimum atomic E-state index is -4.43. The number of aryl methyl sites for hydroxylation is 1. The van der Waals surface area contributed by atoms with Gasteiger partial charge in [-0.3, -0.25) is 4.79 Å². The third-order valence-electron chi connectivity index (χ3n) is 5.39. The molecule has 1 amide bonds. The standard InChI is InChI=1S/C22H19Cl2F3N4O/c1-2-18-28-19-16(11-15(23)12-17(19)24)20(29-18)30-7-9-31(10-8-30)21(32)13-3-5-14(6-4-13)22(25,26)27/h3-6,11-12H,2,7-10H2,1H3. The number of benzene rings is 2. The van der Waals surface area contributed by atoms with Crippen molar-refractivity contribution in [2.75, 3.05) is 31.1 Å². The lowest BCUT2D eigenvalue weighted by atomic mass is 10.1. The molecular weight excluding hydrogens is 464 g/mol. The fraction of sp³-hybridized carbons (Fsp3) is 0.318. The highest BCUT2D eigenvalue weighted by Crippen LogP contribution is 2.33. The first-order valence-corrected chi connectivity index (χ1v) is 10.8. The summed E-state index contributed by atoms with van der Waals surface area (Å²) in [5.41, 5.74) is 0.0745. The van der Waals surface area contributed by atoms with Crippen LogP contribution >= 0.6 is 23.2 Å². The van der Waals surface area contributed by atoms with E-state index in [4.69, 9.17) is 23.2 Å². The molecule has 5 nitrogen and oxygen atoms in total. The van der Waals surface area contributed by atoms with E-state index in [2.05, 4.69) is 9.97 Å². The Morgan fingerprint density at radius 1 is 1.03 bits per heavy atom. The van der Waals surface area contributed by atoms with Gasteiger partial charge >= 0.3 is 6.18 Å². The number of piperazine rings is 1. The number of rotatable bonds is 3. The largest absolute Gasteiger partial charge is 0.416 e. The number of anilines is 1. The molecule has 1 fully saturated rings. The molecule has 0 bridgehead atoms. The van der Waals surface area contributed by atoms with Crippen LogP contribution in [-0.4, -0.2) is 47.0 Å². The van der Waals surface area contributed by atoms with Gasteiger partial charge in [0, 0.05) is 48.6 Å². The highest BCUT2D eigenvalue weighted by atomic mass is 35.5. The summed E-state index contributed by atoms with van der Waals surface area (Å²) in [6, 6.07) is 7.70. The van der Waals surface area contributed by atoms with Crippen molar-refractivity contribution in [3.8, 4) is 0 Å². The Morgan fingerprint density at radius 3 is 2.28 bits per heavy atom. The van der Waals surface area contributed by atoms with Crippen molar-refractivity contribution in [3.05, 3.63) is 63.4 Å². The molecule has 10 heteroatoms. The second kappa shape index (κ2) is 8.75. The zero-order valence-corrected chi connectivity index (χ0v) is 18.6. The van der Waals surface area contributed by atoms with Gasteiger partial charge in [0.25, 0.3) is 5.91 Å². The Morgan fingerprint density at radius 2 is 1.69 bits per heavy atom. The van der Waals surface area contributed by atoms with Crippen LogP contribution in [0.1, 0.15) is 28.7 Å². The summed E-state index contributed by atoms with van der Waals surface area (Å²) in [5, 5.41) is 1.66. The van der Waals surface area contributed by atoms with Gasteiger partial charge in [-0.2, -0.15) is 13.2 Å². The van der Waals surface area contributed by atoms with Crippen LogP contribution in [0.5, 0.6) is 0 Å². The van der Waals surface area contributed by atoms with Crippen LogP contribution in [0.15, 0.2) is 36.4 Å². The highest BCUT2D eigenvalue weighted by molar-refractivity contribution is 6.38. The van der Waals surface area contributed by atoms with Crippen LogP contribution in [0.2, 0.25) is 10.0 Å². The topological polar surface area (TPSA) is 49.3 Å². The van der Waals surface area contributed by atoms with Gasteiger partial charge in [0.05, 0.1) is 16.1 Å². The van der Waals surface area contributed by atoms with Gasteiger partial charge in [-0.1, -0.05) is 30.1 Å². The Bertz CT molecular complexity index is 1160. The maximum atomic E-state index is 12.8. The maximum Gasteiger partial charge on any atom is 0.416 e. The van der Waals surface area contributed by atoms with Crippen molar-refractivity contribution in [1.29, 1.82) is 0 Å². The lowest BCUT2D eigenvalue weighted by Crippen LogP contribution is -2.49.